The number of nitrogens with one attached hydrogen (secondary N) is 1. The van der Waals surface area contributed by atoms with Gasteiger partial charge in [-0.15, -0.1) is 0 Å². The molecule has 0 aromatic carbocycles. The van der Waals surface area contributed by atoms with Crippen LogP contribution >= 0.6 is 0 Å². The summed E-state index contributed by atoms with van der Waals surface area (Å²) in [6.07, 6.45) is 6.72. The first-order valence-corrected chi connectivity index (χ1v) is 7.39. The van der Waals surface area contributed by atoms with E-state index in [2.05, 4.69) is 33.0 Å². The second kappa shape index (κ2) is 7.38. The zero-order valence-electron chi connectivity index (χ0n) is 12.1. The molecule has 0 radical (unpaired) electrons. The van der Waals surface area contributed by atoms with E-state index in [1.165, 1.54) is 32.1 Å². The van der Waals surface area contributed by atoms with Gasteiger partial charge in [0.1, 0.15) is 0 Å². The van der Waals surface area contributed by atoms with Crippen molar-refractivity contribution >= 4 is 0 Å². The predicted octanol–water partition coefficient (Wildman–Crippen LogP) is 3.20. The van der Waals surface area contributed by atoms with Crippen LogP contribution in [0.3, 0.4) is 0 Å². The number of aliphatic hydroxyl groups excluding tert-OH is 1. The quantitative estimate of drug-likeness (QED) is 0.748. The van der Waals surface area contributed by atoms with E-state index in [1.54, 1.807) is 0 Å². The molecule has 3 atom stereocenters. The van der Waals surface area contributed by atoms with Crippen LogP contribution in [0, 0.1) is 17.8 Å². The fraction of sp³-hybridized carbons (Fsp3) is 1.00. The lowest BCUT2D eigenvalue weighted by molar-refractivity contribution is 0.171. The van der Waals surface area contributed by atoms with E-state index in [0.29, 0.717) is 12.0 Å². The van der Waals surface area contributed by atoms with E-state index in [-0.39, 0.29) is 12.6 Å². The first-order valence-electron chi connectivity index (χ1n) is 7.39. The molecule has 0 saturated heterocycles. The summed E-state index contributed by atoms with van der Waals surface area (Å²) in [5.74, 6) is 2.23. The maximum atomic E-state index is 9.38. The van der Waals surface area contributed by atoms with Gasteiger partial charge in [-0.1, -0.05) is 40.5 Å². The van der Waals surface area contributed by atoms with Crippen molar-refractivity contribution in [3.63, 3.8) is 0 Å². The fourth-order valence-electron chi connectivity index (χ4n) is 3.08. The maximum absolute atomic E-state index is 9.38. The Morgan fingerprint density at radius 1 is 1.18 bits per heavy atom. The zero-order valence-corrected chi connectivity index (χ0v) is 12.1. The predicted molar refractivity (Wildman–Crippen MR) is 74.0 cm³/mol. The highest BCUT2D eigenvalue weighted by Crippen LogP contribution is 2.29. The Hall–Kier alpha value is -0.0800. The Bertz CT molecular complexity index is 203. The molecule has 2 heteroatoms. The number of hydrogen-bond donors (Lipinski definition) is 2. The molecular weight excluding hydrogens is 210 g/mol. The third-order valence-electron chi connectivity index (χ3n) is 4.04. The molecular formula is C15H31NO. The van der Waals surface area contributed by atoms with Crippen molar-refractivity contribution in [2.45, 2.75) is 71.9 Å². The molecule has 2 nitrogen and oxygen atoms in total. The summed E-state index contributed by atoms with van der Waals surface area (Å²) < 4.78 is 0. The van der Waals surface area contributed by atoms with Gasteiger partial charge >= 0.3 is 0 Å². The molecule has 1 fully saturated rings. The van der Waals surface area contributed by atoms with Crippen LogP contribution in [0.1, 0.15) is 59.8 Å². The average molecular weight is 241 g/mol. The summed E-state index contributed by atoms with van der Waals surface area (Å²) in [6.45, 7) is 9.27. The summed E-state index contributed by atoms with van der Waals surface area (Å²) in [5.41, 5.74) is 0. The summed E-state index contributed by atoms with van der Waals surface area (Å²) >= 11 is 0. The molecule has 2 N–H and O–H groups in total. The Morgan fingerprint density at radius 3 is 2.41 bits per heavy atom. The monoisotopic (exact) mass is 241 g/mol. The van der Waals surface area contributed by atoms with E-state index < -0.39 is 0 Å². The Labute approximate surface area is 107 Å². The summed E-state index contributed by atoms with van der Waals surface area (Å²) in [5, 5.41) is 13.0. The lowest BCUT2D eigenvalue weighted by Gasteiger charge is -2.34. The molecule has 17 heavy (non-hydrogen) atoms. The van der Waals surface area contributed by atoms with Crippen LogP contribution < -0.4 is 5.32 Å². The first-order chi connectivity index (χ1) is 8.02. The molecule has 1 aliphatic rings. The first kappa shape index (κ1) is 15.0. The minimum atomic E-state index is 0.267. The van der Waals surface area contributed by atoms with Gasteiger partial charge in [0.05, 0.1) is 6.61 Å². The third kappa shape index (κ3) is 5.39. The molecule has 0 bridgehead atoms. The molecule has 102 valence electrons. The van der Waals surface area contributed by atoms with Crippen molar-refractivity contribution in [3.05, 3.63) is 0 Å². The topological polar surface area (TPSA) is 32.3 Å². The van der Waals surface area contributed by atoms with Crippen LogP contribution in [-0.4, -0.2) is 23.8 Å². The van der Waals surface area contributed by atoms with Crippen molar-refractivity contribution < 1.29 is 5.11 Å². The summed E-state index contributed by atoms with van der Waals surface area (Å²) in [4.78, 5) is 0. The molecule has 3 unspecified atom stereocenters. The summed E-state index contributed by atoms with van der Waals surface area (Å²) in [7, 11) is 0. The Morgan fingerprint density at radius 2 is 1.88 bits per heavy atom. The van der Waals surface area contributed by atoms with Crippen LogP contribution in [0.25, 0.3) is 0 Å². The Balaban J connectivity index is 2.38. The molecule has 0 aromatic rings. The molecule has 0 amide bonds. The van der Waals surface area contributed by atoms with Gasteiger partial charge in [0.25, 0.3) is 0 Å². The average Bonchev–Trinajstić information content (AvgIpc) is 2.25. The smallest absolute Gasteiger partial charge is 0.0587 e. The molecule has 0 aromatic heterocycles. The van der Waals surface area contributed by atoms with Gasteiger partial charge in [-0.3, -0.25) is 0 Å². The van der Waals surface area contributed by atoms with E-state index >= 15 is 0 Å². The van der Waals surface area contributed by atoms with E-state index in [1.807, 2.05) is 0 Å². The fourth-order valence-corrected chi connectivity index (χ4v) is 3.08. The molecule has 1 saturated carbocycles. The largest absolute Gasteiger partial charge is 0.395 e. The number of hydrogen-bond acceptors (Lipinski definition) is 2. The van der Waals surface area contributed by atoms with Gasteiger partial charge in [-0.25, -0.2) is 0 Å². The second-order valence-corrected chi connectivity index (χ2v) is 6.56. The van der Waals surface area contributed by atoms with Crippen molar-refractivity contribution in [1.29, 1.82) is 0 Å². The van der Waals surface area contributed by atoms with Gasteiger partial charge in [0.15, 0.2) is 0 Å². The minimum Gasteiger partial charge on any atom is -0.395 e. The third-order valence-corrected chi connectivity index (χ3v) is 4.04. The SMILES string of the molecule is CC(C)CC1CCCC(NC(CO)C(C)C)C1. The molecule has 0 spiro atoms. The lowest BCUT2D eigenvalue weighted by Crippen LogP contribution is -2.45. The van der Waals surface area contributed by atoms with E-state index in [9.17, 15) is 5.11 Å². The van der Waals surface area contributed by atoms with Crippen LogP contribution in [0.5, 0.6) is 0 Å². The minimum absolute atomic E-state index is 0.267. The lowest BCUT2D eigenvalue weighted by atomic mass is 9.80. The second-order valence-electron chi connectivity index (χ2n) is 6.56. The number of aliphatic hydroxyl groups is 1. The van der Waals surface area contributed by atoms with Gasteiger partial charge in [0, 0.05) is 12.1 Å². The molecule has 0 aliphatic heterocycles. The normalized spacial score (nSPS) is 27.7. The highest BCUT2D eigenvalue weighted by Gasteiger charge is 2.25. The van der Waals surface area contributed by atoms with Crippen LogP contribution in [0.15, 0.2) is 0 Å². The zero-order chi connectivity index (χ0) is 12.8. The highest BCUT2D eigenvalue weighted by atomic mass is 16.3. The van der Waals surface area contributed by atoms with Gasteiger partial charge in [-0.2, -0.15) is 0 Å². The Kier molecular flexibility index (Phi) is 6.50. The van der Waals surface area contributed by atoms with Crippen LogP contribution in [0.4, 0.5) is 0 Å². The molecule has 0 heterocycles. The molecule has 1 rings (SSSR count). The van der Waals surface area contributed by atoms with E-state index in [4.69, 9.17) is 0 Å². The highest BCUT2D eigenvalue weighted by molar-refractivity contribution is 4.82. The summed E-state index contributed by atoms with van der Waals surface area (Å²) in [6, 6.07) is 0.907. The maximum Gasteiger partial charge on any atom is 0.0587 e. The van der Waals surface area contributed by atoms with Crippen LogP contribution in [0.2, 0.25) is 0 Å². The van der Waals surface area contributed by atoms with Crippen molar-refractivity contribution in [2.75, 3.05) is 6.61 Å². The van der Waals surface area contributed by atoms with Gasteiger partial charge < -0.3 is 10.4 Å². The van der Waals surface area contributed by atoms with Crippen molar-refractivity contribution in [2.24, 2.45) is 17.8 Å². The van der Waals surface area contributed by atoms with Gasteiger partial charge in [0.2, 0.25) is 0 Å². The van der Waals surface area contributed by atoms with Crippen molar-refractivity contribution in [3.8, 4) is 0 Å². The van der Waals surface area contributed by atoms with Gasteiger partial charge in [-0.05, 0) is 37.0 Å². The van der Waals surface area contributed by atoms with Crippen LogP contribution in [-0.2, 0) is 0 Å². The number of rotatable bonds is 6. The van der Waals surface area contributed by atoms with Crippen molar-refractivity contribution in [1.82, 2.24) is 5.32 Å². The molecule has 1 aliphatic carbocycles. The standard InChI is InChI=1S/C15H31NO/c1-11(2)8-13-6-5-7-14(9-13)16-15(10-17)12(3)4/h11-17H,5-10H2,1-4H3. The van der Waals surface area contributed by atoms with E-state index in [0.717, 1.165) is 11.8 Å².